The van der Waals surface area contributed by atoms with Gasteiger partial charge in [-0.3, -0.25) is 0 Å². The largest absolute Gasteiger partial charge is 0.394 e. The van der Waals surface area contributed by atoms with Crippen LogP contribution in [0.1, 0.15) is 52.5 Å². The smallest absolute Gasteiger partial charge is 0.0613 e. The molecule has 1 fully saturated rings. The Morgan fingerprint density at radius 3 is 2.48 bits per heavy atom. The van der Waals surface area contributed by atoms with Gasteiger partial charge in [0.25, 0.3) is 0 Å². The van der Waals surface area contributed by atoms with Gasteiger partial charge in [-0.2, -0.15) is 0 Å². The molecule has 3 heteroatoms. The Morgan fingerprint density at radius 2 is 1.95 bits per heavy atom. The molecule has 2 nitrogen and oxygen atoms in total. The van der Waals surface area contributed by atoms with Crippen LogP contribution in [0, 0.1) is 0 Å². The molecule has 2 rings (SSSR count). The highest BCUT2D eigenvalue weighted by Gasteiger charge is 2.38. The van der Waals surface area contributed by atoms with Crippen molar-refractivity contribution in [3.63, 3.8) is 0 Å². The van der Waals surface area contributed by atoms with Crippen molar-refractivity contribution in [2.24, 2.45) is 0 Å². The third-order valence-electron chi connectivity index (χ3n) is 4.44. The third-order valence-corrected chi connectivity index (χ3v) is 5.72. The molecular formula is C18H29NOS. The van der Waals surface area contributed by atoms with Crippen LogP contribution in [-0.2, 0) is 5.41 Å². The quantitative estimate of drug-likeness (QED) is 0.863. The maximum Gasteiger partial charge on any atom is 0.0613 e. The molecule has 2 N–H and O–H groups in total. The van der Waals surface area contributed by atoms with Crippen LogP contribution in [0.3, 0.4) is 0 Å². The number of nitrogens with one attached hydrogen (secondary N) is 1. The molecule has 1 aromatic carbocycles. The molecule has 1 aromatic rings. The van der Waals surface area contributed by atoms with Gasteiger partial charge in [0, 0.05) is 15.7 Å². The summed E-state index contributed by atoms with van der Waals surface area (Å²) < 4.78 is 0. The first-order valence-corrected chi connectivity index (χ1v) is 8.89. The minimum Gasteiger partial charge on any atom is -0.394 e. The number of aliphatic hydroxyl groups is 1. The summed E-state index contributed by atoms with van der Waals surface area (Å²) in [5, 5.41) is 13.8. The molecule has 0 spiro atoms. The second-order valence-corrected chi connectivity index (χ2v) is 8.60. The predicted molar refractivity (Wildman–Crippen MR) is 92.1 cm³/mol. The Balaban J connectivity index is 1.97. The van der Waals surface area contributed by atoms with Gasteiger partial charge in [-0.15, -0.1) is 11.8 Å². The fourth-order valence-corrected chi connectivity index (χ4v) is 4.46. The highest BCUT2D eigenvalue weighted by Crippen LogP contribution is 2.40. The lowest BCUT2D eigenvalue weighted by Crippen LogP contribution is -2.46. The van der Waals surface area contributed by atoms with Crippen molar-refractivity contribution in [2.45, 2.75) is 68.1 Å². The van der Waals surface area contributed by atoms with Crippen LogP contribution in [-0.4, -0.2) is 29.0 Å². The molecule has 2 unspecified atom stereocenters. The monoisotopic (exact) mass is 307 g/mol. The Bertz CT molecular complexity index is 451. The van der Waals surface area contributed by atoms with Crippen LogP contribution in [0.5, 0.6) is 0 Å². The number of hydrogen-bond donors (Lipinski definition) is 2. The molecule has 0 aromatic heterocycles. The summed E-state index contributed by atoms with van der Waals surface area (Å²) in [7, 11) is 0. The SMILES string of the molecule is CCNC1(CO)CCC(Sc2ccc(C(C)(C)C)cc2)C1. The molecule has 0 radical (unpaired) electrons. The Hall–Kier alpha value is -0.510. The van der Waals surface area contributed by atoms with Crippen molar-refractivity contribution in [3.8, 4) is 0 Å². The van der Waals surface area contributed by atoms with Gasteiger partial charge in [-0.05, 0) is 48.9 Å². The highest BCUT2D eigenvalue weighted by atomic mass is 32.2. The lowest BCUT2D eigenvalue weighted by molar-refractivity contribution is 0.167. The van der Waals surface area contributed by atoms with Gasteiger partial charge in [0.15, 0.2) is 0 Å². The van der Waals surface area contributed by atoms with E-state index in [0.29, 0.717) is 5.25 Å². The molecule has 0 heterocycles. The lowest BCUT2D eigenvalue weighted by Gasteiger charge is -2.28. The van der Waals surface area contributed by atoms with Crippen molar-refractivity contribution in [3.05, 3.63) is 29.8 Å². The predicted octanol–water partition coefficient (Wildman–Crippen LogP) is 3.97. The van der Waals surface area contributed by atoms with Crippen molar-refractivity contribution in [1.82, 2.24) is 5.32 Å². The van der Waals surface area contributed by atoms with Crippen LogP contribution >= 0.6 is 11.8 Å². The molecule has 2 atom stereocenters. The zero-order valence-corrected chi connectivity index (χ0v) is 14.6. The van der Waals surface area contributed by atoms with Crippen LogP contribution in [0.2, 0.25) is 0 Å². The maximum absolute atomic E-state index is 9.69. The van der Waals surface area contributed by atoms with Crippen LogP contribution in [0.25, 0.3) is 0 Å². The zero-order chi connectivity index (χ0) is 15.5. The normalized spacial score (nSPS) is 26.2. The summed E-state index contributed by atoms with van der Waals surface area (Å²) >= 11 is 1.96. The minimum atomic E-state index is -0.0439. The van der Waals surface area contributed by atoms with E-state index in [0.717, 1.165) is 19.4 Å². The number of rotatable bonds is 5. The molecule has 1 aliphatic rings. The van der Waals surface area contributed by atoms with E-state index in [1.807, 2.05) is 11.8 Å². The fourth-order valence-electron chi connectivity index (χ4n) is 3.14. The summed E-state index contributed by atoms with van der Waals surface area (Å²) in [6, 6.07) is 9.00. The van der Waals surface area contributed by atoms with Gasteiger partial charge in [0.05, 0.1) is 6.61 Å². The first-order valence-electron chi connectivity index (χ1n) is 8.02. The zero-order valence-electron chi connectivity index (χ0n) is 13.8. The molecule has 0 bridgehead atoms. The topological polar surface area (TPSA) is 32.3 Å². The van der Waals surface area contributed by atoms with Crippen LogP contribution in [0.15, 0.2) is 29.2 Å². The molecule has 0 amide bonds. The Labute approximate surface area is 133 Å². The summed E-state index contributed by atoms with van der Waals surface area (Å²) in [6.45, 7) is 10.0. The van der Waals surface area contributed by atoms with E-state index in [9.17, 15) is 5.11 Å². The van der Waals surface area contributed by atoms with E-state index in [2.05, 4.69) is 57.3 Å². The molecule has 0 saturated heterocycles. The van der Waals surface area contributed by atoms with E-state index in [-0.39, 0.29) is 17.6 Å². The molecule has 0 aliphatic heterocycles. The number of thioether (sulfide) groups is 1. The van der Waals surface area contributed by atoms with Gasteiger partial charge in [-0.1, -0.05) is 39.8 Å². The van der Waals surface area contributed by atoms with Crippen LogP contribution in [0.4, 0.5) is 0 Å². The summed E-state index contributed by atoms with van der Waals surface area (Å²) in [4.78, 5) is 1.35. The molecule has 118 valence electrons. The van der Waals surface area contributed by atoms with Gasteiger partial charge in [0.2, 0.25) is 0 Å². The van der Waals surface area contributed by atoms with E-state index in [1.165, 1.54) is 16.9 Å². The number of benzene rings is 1. The summed E-state index contributed by atoms with van der Waals surface area (Å²) in [5.41, 5.74) is 1.56. The third kappa shape index (κ3) is 4.24. The van der Waals surface area contributed by atoms with Gasteiger partial charge in [-0.25, -0.2) is 0 Å². The van der Waals surface area contributed by atoms with Gasteiger partial charge < -0.3 is 10.4 Å². The van der Waals surface area contributed by atoms with Crippen molar-refractivity contribution >= 4 is 11.8 Å². The molecular weight excluding hydrogens is 278 g/mol. The first kappa shape index (κ1) is 16.9. The van der Waals surface area contributed by atoms with Gasteiger partial charge >= 0.3 is 0 Å². The first-order chi connectivity index (χ1) is 9.88. The second kappa shape index (κ2) is 6.72. The fraction of sp³-hybridized carbons (Fsp3) is 0.667. The standard InChI is InChI=1S/C18H29NOS/c1-5-19-18(13-20)11-10-16(12-18)21-15-8-6-14(7-9-15)17(2,3)4/h6-9,16,19-20H,5,10-13H2,1-4H3. The van der Waals surface area contributed by atoms with E-state index >= 15 is 0 Å². The van der Waals surface area contributed by atoms with E-state index in [4.69, 9.17) is 0 Å². The number of hydrogen-bond acceptors (Lipinski definition) is 3. The molecule has 1 aliphatic carbocycles. The minimum absolute atomic E-state index is 0.0439. The Kier molecular flexibility index (Phi) is 5.39. The molecule has 21 heavy (non-hydrogen) atoms. The lowest BCUT2D eigenvalue weighted by atomic mass is 9.87. The number of likely N-dealkylation sites (N-methyl/N-ethyl adjacent to an activating group) is 1. The average Bonchev–Trinajstić information content (AvgIpc) is 2.82. The highest BCUT2D eigenvalue weighted by molar-refractivity contribution is 8.00. The maximum atomic E-state index is 9.69. The van der Waals surface area contributed by atoms with Crippen molar-refractivity contribution < 1.29 is 5.11 Å². The van der Waals surface area contributed by atoms with Crippen molar-refractivity contribution in [1.29, 1.82) is 0 Å². The summed E-state index contributed by atoms with van der Waals surface area (Å²) in [5.74, 6) is 0. The van der Waals surface area contributed by atoms with Crippen molar-refractivity contribution in [2.75, 3.05) is 13.2 Å². The average molecular weight is 308 g/mol. The second-order valence-electron chi connectivity index (χ2n) is 7.23. The molecule has 1 saturated carbocycles. The summed E-state index contributed by atoms with van der Waals surface area (Å²) in [6.07, 6.45) is 3.32. The number of aliphatic hydroxyl groups excluding tert-OH is 1. The van der Waals surface area contributed by atoms with Gasteiger partial charge in [0.1, 0.15) is 0 Å². The Morgan fingerprint density at radius 1 is 1.29 bits per heavy atom. The van der Waals surface area contributed by atoms with E-state index in [1.54, 1.807) is 0 Å². The van der Waals surface area contributed by atoms with Crippen LogP contribution < -0.4 is 5.32 Å². The van der Waals surface area contributed by atoms with E-state index < -0.39 is 0 Å².